The van der Waals surface area contributed by atoms with Gasteiger partial charge in [-0.15, -0.1) is 0 Å². The molecule has 0 bridgehead atoms. The first-order chi connectivity index (χ1) is 9.11. The maximum Gasteiger partial charge on any atom is 0.101 e. The molecule has 19 heavy (non-hydrogen) atoms. The number of nitriles is 1. The van der Waals surface area contributed by atoms with Crippen molar-refractivity contribution in [3.8, 4) is 6.07 Å². The van der Waals surface area contributed by atoms with Gasteiger partial charge in [0.25, 0.3) is 0 Å². The van der Waals surface area contributed by atoms with Gasteiger partial charge in [-0.1, -0.05) is 32.0 Å². The number of nitrogens with zero attached hydrogens (tertiary/aromatic N) is 1. The van der Waals surface area contributed by atoms with Crippen molar-refractivity contribution in [2.45, 2.75) is 19.8 Å². The first-order valence-electron chi connectivity index (χ1n) is 6.27. The van der Waals surface area contributed by atoms with Crippen LogP contribution in [0.2, 0.25) is 0 Å². The fraction of sp³-hybridized carbons (Fsp3) is 0.188. The highest BCUT2D eigenvalue weighted by Gasteiger charge is 2.05. The quantitative estimate of drug-likeness (QED) is 0.810. The molecule has 0 aliphatic rings. The van der Waals surface area contributed by atoms with Crippen LogP contribution in [0.25, 0.3) is 0 Å². The number of hydrogen-bond acceptors (Lipinski definition) is 3. The van der Waals surface area contributed by atoms with Crippen molar-refractivity contribution in [3.05, 3.63) is 53.6 Å². The zero-order chi connectivity index (χ0) is 13.8. The molecule has 3 N–H and O–H groups in total. The van der Waals surface area contributed by atoms with Crippen LogP contribution in [0.5, 0.6) is 0 Å². The van der Waals surface area contributed by atoms with Crippen LogP contribution in [0.3, 0.4) is 0 Å². The van der Waals surface area contributed by atoms with E-state index < -0.39 is 0 Å². The zero-order valence-corrected chi connectivity index (χ0v) is 11.1. The molecule has 96 valence electrons. The number of rotatable bonds is 3. The summed E-state index contributed by atoms with van der Waals surface area (Å²) in [5, 5.41) is 12.2. The lowest BCUT2D eigenvalue weighted by atomic mass is 10.0. The summed E-state index contributed by atoms with van der Waals surface area (Å²) in [6, 6.07) is 15.7. The molecule has 3 heteroatoms. The largest absolute Gasteiger partial charge is 0.396 e. The maximum atomic E-state index is 8.95. The molecular weight excluding hydrogens is 234 g/mol. The number of nitrogen functional groups attached to an aromatic ring is 1. The van der Waals surface area contributed by atoms with E-state index in [0.717, 1.165) is 11.4 Å². The minimum atomic E-state index is 0.484. The lowest BCUT2D eigenvalue weighted by molar-refractivity contribution is 0.867. The van der Waals surface area contributed by atoms with Gasteiger partial charge in [0.1, 0.15) is 6.07 Å². The summed E-state index contributed by atoms with van der Waals surface area (Å²) in [7, 11) is 0. The van der Waals surface area contributed by atoms with Crippen molar-refractivity contribution < 1.29 is 0 Å². The average molecular weight is 251 g/mol. The lowest BCUT2D eigenvalue weighted by Crippen LogP contribution is -1.98. The van der Waals surface area contributed by atoms with Gasteiger partial charge >= 0.3 is 0 Å². The van der Waals surface area contributed by atoms with Gasteiger partial charge < -0.3 is 11.1 Å². The molecule has 2 rings (SSSR count). The summed E-state index contributed by atoms with van der Waals surface area (Å²) >= 11 is 0. The van der Waals surface area contributed by atoms with Crippen molar-refractivity contribution in [2.75, 3.05) is 11.1 Å². The molecule has 0 radical (unpaired) electrons. The Morgan fingerprint density at radius 2 is 1.79 bits per heavy atom. The SMILES string of the molecule is CC(C)c1ccc(Nc2cccc(C#N)c2N)cc1. The van der Waals surface area contributed by atoms with Crippen LogP contribution in [-0.2, 0) is 0 Å². The summed E-state index contributed by atoms with van der Waals surface area (Å²) in [4.78, 5) is 0. The molecule has 0 aliphatic heterocycles. The third kappa shape index (κ3) is 2.86. The number of hydrogen-bond donors (Lipinski definition) is 2. The smallest absolute Gasteiger partial charge is 0.101 e. The molecule has 3 nitrogen and oxygen atoms in total. The zero-order valence-electron chi connectivity index (χ0n) is 11.1. The Labute approximate surface area is 113 Å². The van der Waals surface area contributed by atoms with Crippen LogP contribution >= 0.6 is 0 Å². The fourth-order valence-electron chi connectivity index (χ4n) is 1.88. The van der Waals surface area contributed by atoms with Crippen molar-refractivity contribution in [1.82, 2.24) is 0 Å². The number of nitrogens with one attached hydrogen (secondary N) is 1. The van der Waals surface area contributed by atoms with E-state index in [1.54, 1.807) is 6.07 Å². The maximum absolute atomic E-state index is 8.95. The molecule has 2 aromatic rings. The molecule has 0 saturated carbocycles. The van der Waals surface area contributed by atoms with Crippen LogP contribution in [0, 0.1) is 11.3 Å². The van der Waals surface area contributed by atoms with E-state index in [2.05, 4.69) is 37.4 Å². The first-order valence-corrected chi connectivity index (χ1v) is 6.27. The van der Waals surface area contributed by atoms with Gasteiger partial charge in [-0.3, -0.25) is 0 Å². The van der Waals surface area contributed by atoms with E-state index in [9.17, 15) is 0 Å². The van der Waals surface area contributed by atoms with Gasteiger partial charge in [0.15, 0.2) is 0 Å². The number of benzene rings is 2. The summed E-state index contributed by atoms with van der Waals surface area (Å²) in [6.07, 6.45) is 0. The molecular formula is C16H17N3. The minimum absolute atomic E-state index is 0.484. The van der Waals surface area contributed by atoms with Crippen LogP contribution < -0.4 is 11.1 Å². The summed E-state index contributed by atoms with van der Waals surface area (Å²) in [5.74, 6) is 0.515. The Kier molecular flexibility index (Phi) is 3.72. The second kappa shape index (κ2) is 5.45. The molecule has 0 atom stereocenters. The van der Waals surface area contributed by atoms with Gasteiger partial charge in [-0.05, 0) is 35.7 Å². The van der Waals surface area contributed by atoms with E-state index >= 15 is 0 Å². The second-order valence-corrected chi connectivity index (χ2v) is 4.78. The number of anilines is 3. The lowest BCUT2D eigenvalue weighted by Gasteiger charge is -2.11. The van der Waals surface area contributed by atoms with Gasteiger partial charge in [-0.25, -0.2) is 0 Å². The Bertz CT molecular complexity index is 607. The van der Waals surface area contributed by atoms with Crippen molar-refractivity contribution >= 4 is 17.1 Å². The number of nitrogens with two attached hydrogens (primary N) is 1. The monoisotopic (exact) mass is 251 g/mol. The molecule has 2 aromatic carbocycles. The Morgan fingerprint density at radius 1 is 1.11 bits per heavy atom. The van der Waals surface area contributed by atoms with Crippen LogP contribution in [0.1, 0.15) is 30.9 Å². The molecule has 0 heterocycles. The molecule has 0 aliphatic carbocycles. The van der Waals surface area contributed by atoms with Gasteiger partial charge in [0, 0.05) is 5.69 Å². The molecule has 0 fully saturated rings. The van der Waals surface area contributed by atoms with Crippen molar-refractivity contribution in [3.63, 3.8) is 0 Å². The third-order valence-electron chi connectivity index (χ3n) is 3.08. The van der Waals surface area contributed by atoms with Gasteiger partial charge in [0.2, 0.25) is 0 Å². The molecule has 0 spiro atoms. The predicted octanol–water partition coefficient (Wildman–Crippen LogP) is 4.01. The second-order valence-electron chi connectivity index (χ2n) is 4.78. The first kappa shape index (κ1) is 13.0. The van der Waals surface area contributed by atoms with Crippen LogP contribution in [0.15, 0.2) is 42.5 Å². The van der Waals surface area contributed by atoms with Crippen molar-refractivity contribution in [1.29, 1.82) is 5.26 Å². The van der Waals surface area contributed by atoms with E-state index in [0.29, 0.717) is 17.2 Å². The van der Waals surface area contributed by atoms with E-state index in [-0.39, 0.29) is 0 Å². The Morgan fingerprint density at radius 3 is 2.37 bits per heavy atom. The van der Waals surface area contributed by atoms with Crippen molar-refractivity contribution in [2.24, 2.45) is 0 Å². The molecule has 0 amide bonds. The van der Waals surface area contributed by atoms with E-state index in [1.165, 1.54) is 5.56 Å². The minimum Gasteiger partial charge on any atom is -0.396 e. The molecule has 0 aromatic heterocycles. The average Bonchev–Trinajstić information content (AvgIpc) is 2.42. The molecule has 0 saturated heterocycles. The topological polar surface area (TPSA) is 61.8 Å². The normalized spacial score (nSPS) is 10.2. The Balaban J connectivity index is 2.24. The number of para-hydroxylation sites is 1. The van der Waals surface area contributed by atoms with E-state index in [1.807, 2.05) is 24.3 Å². The van der Waals surface area contributed by atoms with Gasteiger partial charge in [-0.2, -0.15) is 5.26 Å². The van der Waals surface area contributed by atoms with Crippen LogP contribution in [-0.4, -0.2) is 0 Å². The highest BCUT2D eigenvalue weighted by atomic mass is 14.9. The summed E-state index contributed by atoms with van der Waals surface area (Å²) < 4.78 is 0. The predicted molar refractivity (Wildman–Crippen MR) is 79.4 cm³/mol. The third-order valence-corrected chi connectivity index (χ3v) is 3.08. The fourth-order valence-corrected chi connectivity index (χ4v) is 1.88. The highest BCUT2D eigenvalue weighted by Crippen LogP contribution is 2.26. The molecule has 0 unspecified atom stereocenters. The Hall–Kier alpha value is -2.47. The van der Waals surface area contributed by atoms with Crippen LogP contribution in [0.4, 0.5) is 17.1 Å². The summed E-state index contributed by atoms with van der Waals surface area (Å²) in [6.45, 7) is 4.33. The van der Waals surface area contributed by atoms with E-state index in [4.69, 9.17) is 11.0 Å². The highest BCUT2D eigenvalue weighted by molar-refractivity contribution is 5.77. The van der Waals surface area contributed by atoms with Gasteiger partial charge in [0.05, 0.1) is 16.9 Å². The standard InChI is InChI=1S/C16H17N3/c1-11(2)12-6-8-14(9-7-12)19-15-5-3-4-13(10-17)16(15)18/h3-9,11,19H,18H2,1-2H3. The summed E-state index contributed by atoms with van der Waals surface area (Å²) in [5.41, 5.74) is 9.93.